The smallest absolute Gasteiger partial charge is 0.323 e. The van der Waals surface area contributed by atoms with Crippen molar-refractivity contribution in [3.63, 3.8) is 0 Å². The molecule has 72 valence electrons. The minimum atomic E-state index is -4.63. The standard InChI is InChI=1S/C5H13N2O4P/c1-3(6)4(8)5(2,7)12(9,10)11/h3H,6-7H2,1-2H3,(H2,9,10,11)/t3-,5?/m0/s1. The number of ketones is 1. The normalized spacial score (nSPS) is 19.8. The number of Topliss-reactive ketones (excluding diaryl/α,β-unsaturated/α-hetero) is 1. The number of hydrogen-bond donors (Lipinski definition) is 4. The van der Waals surface area contributed by atoms with Gasteiger partial charge in [0.1, 0.15) is 0 Å². The maximum atomic E-state index is 11.1. The fourth-order valence-electron chi connectivity index (χ4n) is 0.604. The lowest BCUT2D eigenvalue weighted by molar-refractivity contribution is -0.122. The zero-order valence-electron chi connectivity index (χ0n) is 6.89. The quantitative estimate of drug-likeness (QED) is 0.418. The molecule has 0 aliphatic heterocycles. The second-order valence-corrected chi connectivity index (χ2v) is 4.86. The summed E-state index contributed by atoms with van der Waals surface area (Å²) >= 11 is 0. The highest BCUT2D eigenvalue weighted by Crippen LogP contribution is 2.47. The Labute approximate surface area is 70.1 Å². The first-order valence-electron chi connectivity index (χ1n) is 3.25. The van der Waals surface area contributed by atoms with E-state index in [1.807, 2.05) is 0 Å². The van der Waals surface area contributed by atoms with Crippen LogP contribution in [0.15, 0.2) is 0 Å². The summed E-state index contributed by atoms with van der Waals surface area (Å²) in [6.07, 6.45) is 0. The van der Waals surface area contributed by atoms with E-state index in [0.717, 1.165) is 6.92 Å². The van der Waals surface area contributed by atoms with Crippen LogP contribution in [0.4, 0.5) is 0 Å². The number of nitrogens with two attached hydrogens (primary N) is 2. The Morgan fingerprint density at radius 2 is 1.92 bits per heavy atom. The molecule has 0 amide bonds. The van der Waals surface area contributed by atoms with Crippen LogP contribution in [0.1, 0.15) is 13.8 Å². The summed E-state index contributed by atoms with van der Waals surface area (Å²) < 4.78 is 10.7. The average Bonchev–Trinajstić information content (AvgIpc) is 1.83. The summed E-state index contributed by atoms with van der Waals surface area (Å²) in [5, 5.41) is -2.18. The van der Waals surface area contributed by atoms with Gasteiger partial charge in [-0.2, -0.15) is 0 Å². The molecule has 0 saturated heterocycles. The van der Waals surface area contributed by atoms with Gasteiger partial charge in [0, 0.05) is 0 Å². The van der Waals surface area contributed by atoms with Crippen molar-refractivity contribution in [2.45, 2.75) is 25.2 Å². The molecule has 6 nitrogen and oxygen atoms in total. The summed E-state index contributed by atoms with van der Waals surface area (Å²) in [5.41, 5.74) is 10.3. The largest absolute Gasteiger partial charge is 0.352 e. The third-order valence-corrected chi connectivity index (χ3v) is 2.95. The summed E-state index contributed by atoms with van der Waals surface area (Å²) in [4.78, 5) is 28.4. The minimum Gasteiger partial charge on any atom is -0.323 e. The van der Waals surface area contributed by atoms with E-state index in [2.05, 4.69) is 0 Å². The molecular formula is C5H13N2O4P. The van der Waals surface area contributed by atoms with Gasteiger partial charge in [-0.25, -0.2) is 0 Å². The predicted octanol–water partition coefficient (Wildman–Crippen LogP) is -1.24. The van der Waals surface area contributed by atoms with Crippen LogP contribution in [0.2, 0.25) is 0 Å². The lowest BCUT2D eigenvalue weighted by Gasteiger charge is -2.25. The molecule has 0 aromatic rings. The number of carbonyl (C=O) groups excluding carboxylic acids is 1. The van der Waals surface area contributed by atoms with Crippen LogP contribution in [0.3, 0.4) is 0 Å². The molecule has 0 heterocycles. The van der Waals surface area contributed by atoms with E-state index < -0.39 is 24.7 Å². The number of hydrogen-bond acceptors (Lipinski definition) is 4. The van der Waals surface area contributed by atoms with Gasteiger partial charge in [0.15, 0.2) is 11.1 Å². The van der Waals surface area contributed by atoms with Crippen molar-refractivity contribution >= 4 is 13.4 Å². The van der Waals surface area contributed by atoms with Crippen LogP contribution in [0.5, 0.6) is 0 Å². The van der Waals surface area contributed by atoms with Gasteiger partial charge >= 0.3 is 7.60 Å². The minimum absolute atomic E-state index is 0.851. The molecule has 0 radical (unpaired) electrons. The highest BCUT2D eigenvalue weighted by atomic mass is 31.2. The number of carbonyl (C=O) groups is 1. The third kappa shape index (κ3) is 2.12. The summed E-state index contributed by atoms with van der Waals surface area (Å²) in [5.74, 6) is -0.851. The molecule has 0 aliphatic carbocycles. The van der Waals surface area contributed by atoms with Crippen molar-refractivity contribution in [2.75, 3.05) is 0 Å². The fourth-order valence-corrected chi connectivity index (χ4v) is 1.10. The first-order chi connectivity index (χ1) is 5.10. The Hall–Kier alpha value is -0.260. The molecule has 12 heavy (non-hydrogen) atoms. The van der Waals surface area contributed by atoms with Gasteiger partial charge in [0.05, 0.1) is 6.04 Å². The van der Waals surface area contributed by atoms with Crippen LogP contribution in [-0.4, -0.2) is 26.9 Å². The Morgan fingerprint density at radius 3 is 2.00 bits per heavy atom. The van der Waals surface area contributed by atoms with Crippen molar-refractivity contribution in [1.82, 2.24) is 0 Å². The molecule has 0 bridgehead atoms. The Morgan fingerprint density at radius 1 is 1.58 bits per heavy atom. The lowest BCUT2D eigenvalue weighted by atomic mass is 10.1. The lowest BCUT2D eigenvalue weighted by Crippen LogP contribution is -2.51. The van der Waals surface area contributed by atoms with Gasteiger partial charge in [-0.05, 0) is 13.8 Å². The molecule has 0 fully saturated rings. The second kappa shape index (κ2) is 3.24. The highest BCUT2D eigenvalue weighted by molar-refractivity contribution is 7.54. The van der Waals surface area contributed by atoms with Gasteiger partial charge in [-0.3, -0.25) is 9.36 Å². The van der Waals surface area contributed by atoms with E-state index in [1.165, 1.54) is 6.92 Å². The van der Waals surface area contributed by atoms with Crippen LogP contribution < -0.4 is 11.5 Å². The molecule has 0 spiro atoms. The molecule has 1 unspecified atom stereocenters. The number of rotatable bonds is 3. The summed E-state index contributed by atoms with van der Waals surface area (Å²) in [6.45, 7) is 2.29. The molecule has 0 aromatic carbocycles. The van der Waals surface area contributed by atoms with E-state index >= 15 is 0 Å². The molecule has 0 saturated carbocycles. The van der Waals surface area contributed by atoms with Crippen molar-refractivity contribution in [3.8, 4) is 0 Å². The van der Waals surface area contributed by atoms with Crippen molar-refractivity contribution in [1.29, 1.82) is 0 Å². The van der Waals surface area contributed by atoms with Gasteiger partial charge in [-0.1, -0.05) is 0 Å². The van der Waals surface area contributed by atoms with E-state index in [9.17, 15) is 9.36 Å². The van der Waals surface area contributed by atoms with Crippen molar-refractivity contribution in [3.05, 3.63) is 0 Å². The second-order valence-electron chi connectivity index (χ2n) is 2.84. The fraction of sp³-hybridized carbons (Fsp3) is 0.800. The molecule has 7 heteroatoms. The molecule has 0 aromatic heterocycles. The van der Waals surface area contributed by atoms with Crippen LogP contribution in [-0.2, 0) is 9.36 Å². The van der Waals surface area contributed by atoms with Crippen LogP contribution >= 0.6 is 7.60 Å². The van der Waals surface area contributed by atoms with Gasteiger partial charge < -0.3 is 21.3 Å². The molecule has 0 rings (SSSR count). The van der Waals surface area contributed by atoms with E-state index in [-0.39, 0.29) is 0 Å². The Bertz CT molecular complexity index is 232. The monoisotopic (exact) mass is 196 g/mol. The first kappa shape index (κ1) is 11.7. The topological polar surface area (TPSA) is 127 Å². The van der Waals surface area contributed by atoms with Gasteiger partial charge in [-0.15, -0.1) is 0 Å². The molecule has 0 aliphatic rings. The molecule has 2 atom stereocenters. The SMILES string of the molecule is C[C@H](N)C(=O)C(C)(N)P(=O)(O)O. The van der Waals surface area contributed by atoms with Gasteiger partial charge in [0.2, 0.25) is 0 Å². The van der Waals surface area contributed by atoms with Crippen LogP contribution in [0, 0.1) is 0 Å². The predicted molar refractivity (Wildman–Crippen MR) is 43.3 cm³/mol. The average molecular weight is 196 g/mol. The zero-order chi connectivity index (χ0) is 10.2. The summed E-state index contributed by atoms with van der Waals surface area (Å²) in [6, 6.07) is -0.979. The van der Waals surface area contributed by atoms with E-state index in [4.69, 9.17) is 21.3 Å². The zero-order valence-corrected chi connectivity index (χ0v) is 7.78. The van der Waals surface area contributed by atoms with Crippen molar-refractivity contribution in [2.24, 2.45) is 11.5 Å². The highest BCUT2D eigenvalue weighted by Gasteiger charge is 2.46. The van der Waals surface area contributed by atoms with E-state index in [0.29, 0.717) is 0 Å². The maximum Gasteiger partial charge on any atom is 0.352 e. The third-order valence-electron chi connectivity index (χ3n) is 1.52. The summed E-state index contributed by atoms with van der Waals surface area (Å²) in [7, 11) is -4.63. The van der Waals surface area contributed by atoms with Gasteiger partial charge in [0.25, 0.3) is 0 Å². The maximum absolute atomic E-state index is 11.1. The Balaban J connectivity index is 4.87. The van der Waals surface area contributed by atoms with Crippen LogP contribution in [0.25, 0.3) is 0 Å². The first-order valence-corrected chi connectivity index (χ1v) is 4.86. The van der Waals surface area contributed by atoms with Crippen molar-refractivity contribution < 1.29 is 19.1 Å². The molecule has 6 N–H and O–H groups in total. The molecular weight excluding hydrogens is 183 g/mol. The Kier molecular flexibility index (Phi) is 3.17. The van der Waals surface area contributed by atoms with E-state index in [1.54, 1.807) is 0 Å².